The Balaban J connectivity index is 1.15. The molecule has 0 bridgehead atoms. The Kier molecular flexibility index (Phi) is 16.8. The molecule has 5 heterocycles. The molecule has 25 atom stereocenters. The van der Waals surface area contributed by atoms with Gasteiger partial charge in [0.2, 0.25) is 0 Å². The van der Waals surface area contributed by atoms with Crippen LogP contribution in [0.4, 0.5) is 0 Å². The molecule has 5 fully saturated rings. The lowest BCUT2D eigenvalue weighted by Gasteiger charge is -2.45. The number of methoxy groups -OCH3 is 1. The Labute approximate surface area is 328 Å². The van der Waals surface area contributed by atoms with Gasteiger partial charge in [0, 0.05) is 7.11 Å². The van der Waals surface area contributed by atoms with E-state index in [-0.39, 0.29) is 51.4 Å². The highest BCUT2D eigenvalue weighted by Crippen LogP contribution is 2.35. The highest BCUT2D eigenvalue weighted by atomic mass is 16.7. The van der Waals surface area contributed by atoms with E-state index >= 15 is 0 Å². The Morgan fingerprint density at radius 3 is 0.702 bits per heavy atom. The Hall–Kier alpha value is -0.880. The van der Waals surface area contributed by atoms with E-state index in [9.17, 15) is 81.7 Å². The van der Waals surface area contributed by atoms with Gasteiger partial charge in [0.25, 0.3) is 0 Å². The SMILES string of the molecule is CO[C@H]1O[C@H](CC[C@@H]2O[C@H](CC[C@@H]3O[C@H](CC[C@@H]4O[C@H](CC[C@@H]5O[C@H](CO)[C@@H](O)[C@H](O)[C@H]5O)[C@@H](O)[C@H](O)[C@H]4O)[C@@H](O)[C@H](O)[C@H]3O)[C@@H](O)[C@H](O)[C@H]2O)[C@@H](O)[C@H](O)[C@H]1O. The lowest BCUT2D eigenvalue weighted by Crippen LogP contribution is -2.60. The van der Waals surface area contributed by atoms with Crippen molar-refractivity contribution < 1.29 is 110 Å². The van der Waals surface area contributed by atoms with Gasteiger partial charge in [0.1, 0.15) is 97.7 Å². The first-order valence-electron chi connectivity index (χ1n) is 19.5. The Bertz CT molecular complexity index is 1130. The monoisotopic (exact) mass is 834 g/mol. The Morgan fingerprint density at radius 2 is 0.474 bits per heavy atom. The van der Waals surface area contributed by atoms with Crippen LogP contribution < -0.4 is 0 Å². The van der Waals surface area contributed by atoms with Crippen LogP contribution in [0.15, 0.2) is 0 Å². The van der Waals surface area contributed by atoms with Gasteiger partial charge in [-0.1, -0.05) is 0 Å². The third-order valence-corrected chi connectivity index (χ3v) is 12.3. The maximum atomic E-state index is 10.8. The molecule has 0 aliphatic carbocycles. The average Bonchev–Trinajstić information content (AvgIpc) is 3.20. The number of hydrogen-bond donors (Lipinski definition) is 16. The molecule has 0 aromatic carbocycles. The molecule has 5 saturated heterocycles. The van der Waals surface area contributed by atoms with Gasteiger partial charge >= 0.3 is 0 Å². The van der Waals surface area contributed by atoms with Crippen LogP contribution >= 0.6 is 0 Å². The molecular formula is C35H62O22. The van der Waals surface area contributed by atoms with E-state index in [4.69, 9.17) is 28.4 Å². The predicted molar refractivity (Wildman–Crippen MR) is 184 cm³/mol. The van der Waals surface area contributed by atoms with Gasteiger partial charge in [-0.25, -0.2) is 0 Å². The molecule has 0 saturated carbocycles. The molecule has 0 aromatic rings. The maximum Gasteiger partial charge on any atom is 0.186 e. The molecular weight excluding hydrogens is 772 g/mol. The molecule has 0 unspecified atom stereocenters. The third kappa shape index (κ3) is 10.3. The summed E-state index contributed by atoms with van der Waals surface area (Å²) in [5.74, 6) is 0. The molecule has 22 heteroatoms. The van der Waals surface area contributed by atoms with E-state index in [1.54, 1.807) is 0 Å². The van der Waals surface area contributed by atoms with Gasteiger partial charge in [0.05, 0.1) is 55.4 Å². The van der Waals surface area contributed by atoms with Crippen molar-refractivity contribution >= 4 is 0 Å². The number of aliphatic hydroxyl groups excluding tert-OH is 16. The first kappa shape index (κ1) is 47.2. The number of aliphatic hydroxyl groups is 16. The second-order valence-corrected chi connectivity index (χ2v) is 16.0. The van der Waals surface area contributed by atoms with E-state index < -0.39 is 159 Å². The van der Waals surface area contributed by atoms with Crippen LogP contribution in [0.5, 0.6) is 0 Å². The molecule has 5 aliphatic heterocycles. The minimum atomic E-state index is -1.70. The van der Waals surface area contributed by atoms with E-state index in [0.29, 0.717) is 0 Å². The fourth-order valence-corrected chi connectivity index (χ4v) is 8.60. The second kappa shape index (κ2) is 20.3. The normalized spacial score (nSPS) is 52.5. The highest BCUT2D eigenvalue weighted by Gasteiger charge is 2.50. The molecule has 0 radical (unpaired) electrons. The van der Waals surface area contributed by atoms with Gasteiger partial charge < -0.3 is 110 Å². The van der Waals surface area contributed by atoms with Crippen LogP contribution in [0.2, 0.25) is 0 Å². The molecule has 16 N–H and O–H groups in total. The number of ether oxygens (including phenoxy) is 6. The topological polar surface area (TPSA) is 379 Å². The van der Waals surface area contributed by atoms with Crippen molar-refractivity contribution in [1.29, 1.82) is 0 Å². The van der Waals surface area contributed by atoms with Crippen molar-refractivity contribution in [3.63, 3.8) is 0 Å². The smallest absolute Gasteiger partial charge is 0.186 e. The van der Waals surface area contributed by atoms with Gasteiger partial charge in [-0.3, -0.25) is 0 Å². The largest absolute Gasteiger partial charge is 0.394 e. The van der Waals surface area contributed by atoms with E-state index in [2.05, 4.69) is 0 Å². The molecule has 0 spiro atoms. The van der Waals surface area contributed by atoms with Crippen LogP contribution in [0.25, 0.3) is 0 Å². The van der Waals surface area contributed by atoms with Crippen molar-refractivity contribution in [2.45, 2.75) is 204 Å². The second-order valence-electron chi connectivity index (χ2n) is 16.0. The summed E-state index contributed by atoms with van der Waals surface area (Å²) in [5.41, 5.74) is 0. The van der Waals surface area contributed by atoms with Crippen LogP contribution in [-0.4, -0.2) is 248 Å². The fraction of sp³-hybridized carbons (Fsp3) is 1.00. The molecule has 5 rings (SSSR count). The zero-order valence-corrected chi connectivity index (χ0v) is 31.4. The summed E-state index contributed by atoms with van der Waals surface area (Å²) < 4.78 is 33.9. The van der Waals surface area contributed by atoms with E-state index in [1.165, 1.54) is 7.11 Å². The van der Waals surface area contributed by atoms with Crippen molar-refractivity contribution in [2.24, 2.45) is 0 Å². The predicted octanol–water partition coefficient (Wildman–Crippen LogP) is -8.05. The first-order chi connectivity index (χ1) is 26.9. The van der Waals surface area contributed by atoms with E-state index in [1.807, 2.05) is 0 Å². The quantitative estimate of drug-likeness (QED) is 0.0772. The van der Waals surface area contributed by atoms with Crippen LogP contribution in [0, 0.1) is 0 Å². The van der Waals surface area contributed by atoms with E-state index in [0.717, 1.165) is 0 Å². The zero-order chi connectivity index (χ0) is 42.0. The van der Waals surface area contributed by atoms with Crippen molar-refractivity contribution in [3.8, 4) is 0 Å². The van der Waals surface area contributed by atoms with Gasteiger partial charge in [-0.2, -0.15) is 0 Å². The maximum absolute atomic E-state index is 10.8. The Morgan fingerprint density at radius 1 is 0.281 bits per heavy atom. The van der Waals surface area contributed by atoms with Crippen LogP contribution in [0.1, 0.15) is 51.4 Å². The molecule has 57 heavy (non-hydrogen) atoms. The summed E-state index contributed by atoms with van der Waals surface area (Å²) in [5, 5.41) is 167. The van der Waals surface area contributed by atoms with Crippen molar-refractivity contribution in [3.05, 3.63) is 0 Å². The van der Waals surface area contributed by atoms with Gasteiger partial charge in [-0.15, -0.1) is 0 Å². The summed E-state index contributed by atoms with van der Waals surface area (Å²) in [6, 6.07) is 0. The van der Waals surface area contributed by atoms with Crippen molar-refractivity contribution in [2.75, 3.05) is 13.7 Å². The zero-order valence-electron chi connectivity index (χ0n) is 31.4. The summed E-state index contributed by atoms with van der Waals surface area (Å²) in [6.45, 7) is -0.636. The van der Waals surface area contributed by atoms with Crippen LogP contribution in [-0.2, 0) is 28.4 Å². The van der Waals surface area contributed by atoms with Gasteiger partial charge in [-0.05, 0) is 51.4 Å². The van der Waals surface area contributed by atoms with Crippen LogP contribution in [0.3, 0.4) is 0 Å². The summed E-state index contributed by atoms with van der Waals surface area (Å²) in [7, 11) is 1.24. The molecule has 0 amide bonds. The third-order valence-electron chi connectivity index (χ3n) is 12.3. The lowest BCUT2D eigenvalue weighted by molar-refractivity contribution is -0.293. The summed E-state index contributed by atoms with van der Waals surface area (Å²) in [6.07, 6.45) is -35.7. The summed E-state index contributed by atoms with van der Waals surface area (Å²) in [4.78, 5) is 0. The average molecular weight is 835 g/mol. The molecule has 0 aromatic heterocycles. The minimum absolute atomic E-state index is 0.0212. The van der Waals surface area contributed by atoms with Crippen molar-refractivity contribution in [1.82, 2.24) is 0 Å². The fourth-order valence-electron chi connectivity index (χ4n) is 8.60. The molecule has 22 nitrogen and oxygen atoms in total. The number of rotatable bonds is 14. The summed E-state index contributed by atoms with van der Waals surface area (Å²) >= 11 is 0. The standard InChI is InChI=1S/C35H62O22/c1-52-35-34(51)33(50)27(44)18(57-35)9-8-16-25(42)31(48)23(40)14(55-16)5-4-12-21(38)29(46)20(37)11(53-12)2-3-13-22(39)30(47)24(41)15(54-13)6-7-17-26(43)32(49)28(45)19(10-36)56-17/h11-51H,2-10H2,1H3/t11-,12+,13+,14-,15-,16+,17+,18-,19-,20-,21+,22+,23-,24-,25+,26+,27-,28-,29+,30-,31+,32-,33+,34-,35+/m1/s1. The first-order valence-corrected chi connectivity index (χ1v) is 19.5. The minimum Gasteiger partial charge on any atom is -0.394 e. The molecule has 5 aliphatic rings. The molecule has 334 valence electrons. The number of hydrogen-bond acceptors (Lipinski definition) is 22. The highest BCUT2D eigenvalue weighted by molar-refractivity contribution is 4.99. The lowest BCUT2D eigenvalue weighted by atomic mass is 9.85. The van der Waals surface area contributed by atoms with Gasteiger partial charge in [0.15, 0.2) is 6.29 Å².